The number of pyridine rings is 2. The Hall–Kier alpha value is -3.18. The van der Waals surface area contributed by atoms with Crippen molar-refractivity contribution in [1.29, 1.82) is 0 Å². The minimum atomic E-state index is -0.286. The van der Waals surface area contributed by atoms with Crippen LogP contribution in [-0.2, 0) is 4.74 Å². The van der Waals surface area contributed by atoms with E-state index >= 15 is 0 Å². The summed E-state index contributed by atoms with van der Waals surface area (Å²) in [6, 6.07) is 10.5. The lowest BCUT2D eigenvalue weighted by atomic mass is 10.1. The highest BCUT2D eigenvalue weighted by molar-refractivity contribution is 14.1. The van der Waals surface area contributed by atoms with Crippen LogP contribution in [0.25, 0.3) is 27.9 Å². The van der Waals surface area contributed by atoms with Crippen molar-refractivity contribution in [3.63, 3.8) is 0 Å². The fraction of sp³-hybridized carbons (Fsp3) is 0.231. The maximum Gasteiger partial charge on any atom is 0.255 e. The SMILES string of the molecule is CN(C)/C=C(/c1ccc(F)c(I)c1)n1ccc(-c2c[nH]c3ncc(N4CCOCC4)cc23)cc1=O. The minimum absolute atomic E-state index is 0.179. The average Bonchev–Trinajstić information content (AvgIpc) is 3.28. The van der Waals surface area contributed by atoms with Gasteiger partial charge in [0.15, 0.2) is 0 Å². The molecule has 35 heavy (non-hydrogen) atoms. The number of nitrogens with zero attached hydrogens (tertiary/aromatic N) is 4. The average molecular weight is 585 g/mol. The molecule has 1 N–H and O–H groups in total. The molecule has 0 atom stereocenters. The van der Waals surface area contributed by atoms with Crippen LogP contribution in [0.15, 0.2) is 66.0 Å². The fourth-order valence-corrected chi connectivity index (χ4v) is 4.76. The smallest absolute Gasteiger partial charge is 0.255 e. The number of nitrogens with one attached hydrogen (secondary N) is 1. The van der Waals surface area contributed by atoms with E-state index in [1.807, 2.05) is 66.2 Å². The number of ether oxygens (including phenoxy) is 1. The summed E-state index contributed by atoms with van der Waals surface area (Å²) in [5.41, 5.74) is 4.78. The highest BCUT2D eigenvalue weighted by Crippen LogP contribution is 2.30. The van der Waals surface area contributed by atoms with Crippen LogP contribution < -0.4 is 10.5 Å². The van der Waals surface area contributed by atoms with Crippen LogP contribution in [0.2, 0.25) is 0 Å². The third kappa shape index (κ3) is 4.83. The monoisotopic (exact) mass is 585 g/mol. The summed E-state index contributed by atoms with van der Waals surface area (Å²) in [6.07, 6.45) is 7.38. The second-order valence-electron chi connectivity index (χ2n) is 8.62. The number of rotatable bonds is 5. The summed E-state index contributed by atoms with van der Waals surface area (Å²) >= 11 is 1.96. The number of hydrogen-bond donors (Lipinski definition) is 1. The molecule has 0 unspecified atom stereocenters. The molecule has 1 aliphatic rings. The van der Waals surface area contributed by atoms with Crippen molar-refractivity contribution < 1.29 is 9.13 Å². The second kappa shape index (κ2) is 9.82. The first-order valence-electron chi connectivity index (χ1n) is 11.3. The molecule has 180 valence electrons. The van der Waals surface area contributed by atoms with Crippen molar-refractivity contribution in [3.8, 4) is 11.1 Å². The van der Waals surface area contributed by atoms with Gasteiger partial charge >= 0.3 is 0 Å². The molecule has 0 radical (unpaired) electrons. The highest BCUT2D eigenvalue weighted by Gasteiger charge is 2.16. The Labute approximate surface area is 216 Å². The molecule has 0 aliphatic carbocycles. The van der Waals surface area contributed by atoms with Crippen molar-refractivity contribution in [2.75, 3.05) is 45.3 Å². The summed E-state index contributed by atoms with van der Waals surface area (Å²) in [5.74, 6) is -0.286. The lowest BCUT2D eigenvalue weighted by Crippen LogP contribution is -2.36. The Balaban J connectivity index is 1.55. The molecule has 4 aromatic rings. The molecule has 5 rings (SSSR count). The largest absolute Gasteiger partial charge is 0.382 e. The highest BCUT2D eigenvalue weighted by atomic mass is 127. The molecule has 1 aromatic carbocycles. The standard InChI is InChI=1S/C26H25FIN5O2/c1-31(2)16-24(18-3-4-22(27)23(28)11-18)33-6-5-17(12-25(33)34)21-15-30-26-20(21)13-19(14-29-26)32-7-9-35-10-8-32/h3-6,11-16H,7-10H2,1-2H3,(H,29,30)/b24-16-. The molecule has 0 amide bonds. The van der Waals surface area contributed by atoms with Gasteiger partial charge in [-0.05, 0) is 58.5 Å². The van der Waals surface area contributed by atoms with Crippen LogP contribution in [0, 0.1) is 9.39 Å². The molecular formula is C26H25FIN5O2. The van der Waals surface area contributed by atoms with E-state index in [1.54, 1.807) is 29.0 Å². The molecule has 0 bridgehead atoms. The summed E-state index contributed by atoms with van der Waals surface area (Å²) < 4.78 is 21.4. The number of fused-ring (bicyclic) bond motifs is 1. The predicted octanol–water partition coefficient (Wildman–Crippen LogP) is 4.38. The predicted molar refractivity (Wildman–Crippen MR) is 145 cm³/mol. The zero-order chi connectivity index (χ0) is 24.5. The number of anilines is 1. The lowest BCUT2D eigenvalue weighted by Gasteiger charge is -2.28. The van der Waals surface area contributed by atoms with E-state index in [-0.39, 0.29) is 11.4 Å². The maximum atomic E-state index is 13.9. The quantitative estimate of drug-likeness (QED) is 0.353. The van der Waals surface area contributed by atoms with Gasteiger partial charge in [0.2, 0.25) is 0 Å². The van der Waals surface area contributed by atoms with Gasteiger partial charge < -0.3 is 19.5 Å². The van der Waals surface area contributed by atoms with Gasteiger partial charge in [0, 0.05) is 71.9 Å². The summed E-state index contributed by atoms with van der Waals surface area (Å²) in [4.78, 5) is 25.2. The van der Waals surface area contributed by atoms with Crippen molar-refractivity contribution >= 4 is 45.0 Å². The first kappa shape index (κ1) is 23.6. The number of benzene rings is 1. The third-order valence-electron chi connectivity index (χ3n) is 5.98. The molecule has 1 aliphatic heterocycles. The lowest BCUT2D eigenvalue weighted by molar-refractivity contribution is 0.122. The Morgan fingerprint density at radius 1 is 1.20 bits per heavy atom. The topological polar surface area (TPSA) is 66.4 Å². The molecule has 9 heteroatoms. The molecule has 1 fully saturated rings. The van der Waals surface area contributed by atoms with Gasteiger partial charge in [0.1, 0.15) is 11.5 Å². The van der Waals surface area contributed by atoms with E-state index in [0.29, 0.717) is 22.5 Å². The Morgan fingerprint density at radius 3 is 2.71 bits per heavy atom. The molecular weight excluding hydrogens is 560 g/mol. The molecule has 3 aromatic heterocycles. The Kier molecular flexibility index (Phi) is 6.61. The van der Waals surface area contributed by atoms with Gasteiger partial charge in [-0.25, -0.2) is 9.37 Å². The van der Waals surface area contributed by atoms with E-state index in [1.165, 1.54) is 6.07 Å². The molecule has 0 spiro atoms. The van der Waals surface area contributed by atoms with Gasteiger partial charge in [-0.3, -0.25) is 9.36 Å². The second-order valence-corrected chi connectivity index (χ2v) is 9.78. The van der Waals surface area contributed by atoms with Gasteiger partial charge in [0.05, 0.1) is 30.8 Å². The summed E-state index contributed by atoms with van der Waals surface area (Å²) in [7, 11) is 3.78. The first-order valence-corrected chi connectivity index (χ1v) is 12.4. The van der Waals surface area contributed by atoms with E-state index in [4.69, 9.17) is 4.74 Å². The van der Waals surface area contributed by atoms with Crippen molar-refractivity contribution in [1.82, 2.24) is 19.4 Å². The number of hydrogen-bond acceptors (Lipinski definition) is 5. The van der Waals surface area contributed by atoms with Gasteiger partial charge in [0.25, 0.3) is 5.56 Å². The maximum absolute atomic E-state index is 13.9. The molecule has 7 nitrogen and oxygen atoms in total. The van der Waals surface area contributed by atoms with E-state index in [2.05, 4.69) is 20.9 Å². The van der Waals surface area contributed by atoms with Crippen LogP contribution in [-0.4, -0.2) is 59.8 Å². The zero-order valence-electron chi connectivity index (χ0n) is 19.5. The Morgan fingerprint density at radius 2 is 2.00 bits per heavy atom. The first-order chi connectivity index (χ1) is 16.9. The number of halogens is 2. The van der Waals surface area contributed by atoms with Gasteiger partial charge in [-0.2, -0.15) is 0 Å². The van der Waals surface area contributed by atoms with Crippen LogP contribution >= 0.6 is 22.6 Å². The Bertz CT molecular complexity index is 1470. The molecule has 4 heterocycles. The normalized spacial score (nSPS) is 14.5. The van der Waals surface area contributed by atoms with Gasteiger partial charge in [-0.15, -0.1) is 0 Å². The van der Waals surface area contributed by atoms with Crippen LogP contribution in [0.1, 0.15) is 5.56 Å². The number of morpholine rings is 1. The third-order valence-corrected chi connectivity index (χ3v) is 6.81. The number of H-pyrrole nitrogens is 1. The zero-order valence-corrected chi connectivity index (χ0v) is 21.6. The van der Waals surface area contributed by atoms with Crippen molar-refractivity contribution in [3.05, 3.63) is 86.5 Å². The van der Waals surface area contributed by atoms with Crippen molar-refractivity contribution in [2.24, 2.45) is 0 Å². The van der Waals surface area contributed by atoms with Gasteiger partial charge in [-0.1, -0.05) is 0 Å². The van der Waals surface area contributed by atoms with Crippen LogP contribution in [0.3, 0.4) is 0 Å². The van der Waals surface area contributed by atoms with Crippen LogP contribution in [0.4, 0.5) is 10.1 Å². The number of aromatic amines is 1. The minimum Gasteiger partial charge on any atom is -0.382 e. The van der Waals surface area contributed by atoms with E-state index < -0.39 is 0 Å². The number of aromatic nitrogens is 3. The summed E-state index contributed by atoms with van der Waals surface area (Å²) in [5, 5.41) is 0.961. The molecule has 0 saturated carbocycles. The van der Waals surface area contributed by atoms with Crippen molar-refractivity contribution in [2.45, 2.75) is 0 Å². The summed E-state index contributed by atoms with van der Waals surface area (Å²) in [6.45, 7) is 3.05. The van der Waals surface area contributed by atoms with E-state index in [9.17, 15) is 9.18 Å². The molecule has 1 saturated heterocycles. The van der Waals surface area contributed by atoms with E-state index in [0.717, 1.165) is 46.5 Å². The fourth-order valence-electron chi connectivity index (χ4n) is 4.25. The van der Waals surface area contributed by atoms with Crippen LogP contribution in [0.5, 0.6) is 0 Å².